The van der Waals surface area contributed by atoms with Crippen molar-refractivity contribution in [2.75, 3.05) is 18.4 Å². The molecule has 9 nitrogen and oxygen atoms in total. The van der Waals surface area contributed by atoms with Gasteiger partial charge in [-0.05, 0) is 54.1 Å². The second kappa shape index (κ2) is 9.84. The van der Waals surface area contributed by atoms with Crippen LogP contribution in [-0.4, -0.2) is 40.6 Å². The summed E-state index contributed by atoms with van der Waals surface area (Å²) in [5, 5.41) is 18.1. The number of nitrogens with zero attached hydrogens (tertiary/aromatic N) is 2. The van der Waals surface area contributed by atoms with Crippen LogP contribution in [0.15, 0.2) is 53.9 Å². The molecule has 1 aliphatic rings. The summed E-state index contributed by atoms with van der Waals surface area (Å²) in [6.45, 7) is 2.65. The lowest BCUT2D eigenvalue weighted by molar-refractivity contribution is -0.384. The van der Waals surface area contributed by atoms with Gasteiger partial charge in [0.1, 0.15) is 0 Å². The van der Waals surface area contributed by atoms with Crippen molar-refractivity contribution in [3.05, 3.63) is 91.2 Å². The number of hydrogen-bond acceptors (Lipinski definition) is 6. The molecular weight excluding hydrogens is 456 g/mol. The third-order valence-corrected chi connectivity index (χ3v) is 6.68. The van der Waals surface area contributed by atoms with Gasteiger partial charge in [-0.25, -0.2) is 0 Å². The van der Waals surface area contributed by atoms with E-state index in [1.165, 1.54) is 28.6 Å². The van der Waals surface area contributed by atoms with Crippen LogP contribution in [0.1, 0.15) is 36.7 Å². The van der Waals surface area contributed by atoms with Crippen molar-refractivity contribution in [1.29, 1.82) is 0 Å². The van der Waals surface area contributed by atoms with Crippen molar-refractivity contribution >= 4 is 40.4 Å². The highest BCUT2D eigenvalue weighted by atomic mass is 32.1. The van der Waals surface area contributed by atoms with Gasteiger partial charge in [0, 0.05) is 46.9 Å². The molecule has 4 rings (SSSR count). The molecule has 0 spiro atoms. The Hall–Kier alpha value is -4.05. The molecular formula is C24H22N4O5S. The van der Waals surface area contributed by atoms with Crippen molar-refractivity contribution in [3.8, 4) is 0 Å². The molecule has 2 aromatic carbocycles. The number of carbonyl (C=O) groups excluding carboxylic acids is 3. The number of nitrogens with one attached hydrogen (secondary N) is 2. The predicted octanol–water partition coefficient (Wildman–Crippen LogP) is 3.53. The average Bonchev–Trinajstić information content (AvgIpc) is 3.31. The Morgan fingerprint density at radius 1 is 1.15 bits per heavy atom. The van der Waals surface area contributed by atoms with Crippen LogP contribution < -0.4 is 10.6 Å². The molecule has 0 radical (unpaired) electrons. The third-order valence-electron chi connectivity index (χ3n) is 5.66. The van der Waals surface area contributed by atoms with Crippen LogP contribution in [0, 0.1) is 17.0 Å². The molecule has 3 aromatic rings. The minimum Gasteiger partial charge on any atom is -0.343 e. The number of nitro groups is 1. The lowest BCUT2D eigenvalue weighted by Gasteiger charge is -2.28. The highest BCUT2D eigenvalue weighted by molar-refractivity contribution is 7.10. The maximum atomic E-state index is 13.1. The molecule has 0 fully saturated rings. The fraction of sp³-hybridized carbons (Fsp3) is 0.208. The van der Waals surface area contributed by atoms with E-state index in [9.17, 15) is 24.5 Å². The Balaban J connectivity index is 1.38. The zero-order valence-corrected chi connectivity index (χ0v) is 19.2. The quantitative estimate of drug-likeness (QED) is 0.415. The van der Waals surface area contributed by atoms with Crippen LogP contribution in [0.3, 0.4) is 0 Å². The van der Waals surface area contributed by atoms with Crippen molar-refractivity contribution in [2.24, 2.45) is 0 Å². The summed E-state index contributed by atoms with van der Waals surface area (Å²) < 4.78 is 0. The monoisotopic (exact) mass is 478 g/mol. The maximum absolute atomic E-state index is 13.1. The summed E-state index contributed by atoms with van der Waals surface area (Å²) >= 11 is 1.71. The largest absolute Gasteiger partial charge is 0.343 e. The van der Waals surface area contributed by atoms with Gasteiger partial charge in [0.05, 0.1) is 11.5 Å². The Morgan fingerprint density at radius 2 is 1.94 bits per heavy atom. The van der Waals surface area contributed by atoms with Crippen LogP contribution in [0.2, 0.25) is 0 Å². The number of nitro benzene ring substituents is 1. The van der Waals surface area contributed by atoms with Gasteiger partial charge in [0.25, 0.3) is 17.5 Å². The molecule has 0 unspecified atom stereocenters. The second-order valence-electron chi connectivity index (χ2n) is 7.86. The summed E-state index contributed by atoms with van der Waals surface area (Å²) in [6.07, 6.45) is 0.832. The van der Waals surface area contributed by atoms with Crippen LogP contribution >= 0.6 is 11.3 Å². The van der Waals surface area contributed by atoms with E-state index in [1.807, 2.05) is 16.3 Å². The number of rotatable bonds is 6. The Morgan fingerprint density at radius 3 is 2.74 bits per heavy atom. The first kappa shape index (κ1) is 23.1. The number of non-ortho nitro benzene ring substituents is 1. The van der Waals surface area contributed by atoms with E-state index < -0.39 is 16.7 Å². The number of benzene rings is 2. The fourth-order valence-electron chi connectivity index (χ4n) is 3.81. The van der Waals surface area contributed by atoms with Crippen molar-refractivity contribution < 1.29 is 19.3 Å². The molecule has 1 aromatic heterocycles. The van der Waals surface area contributed by atoms with Gasteiger partial charge in [-0.15, -0.1) is 11.3 Å². The number of thiophene rings is 1. The lowest BCUT2D eigenvalue weighted by Crippen LogP contribution is -2.36. The van der Waals surface area contributed by atoms with E-state index >= 15 is 0 Å². The van der Waals surface area contributed by atoms with E-state index in [2.05, 4.69) is 10.6 Å². The first-order valence-corrected chi connectivity index (χ1v) is 11.5. The van der Waals surface area contributed by atoms with Gasteiger partial charge in [-0.3, -0.25) is 24.5 Å². The maximum Gasteiger partial charge on any atom is 0.270 e. The van der Waals surface area contributed by atoms with Gasteiger partial charge < -0.3 is 15.5 Å². The van der Waals surface area contributed by atoms with Crippen LogP contribution in [0.5, 0.6) is 0 Å². The van der Waals surface area contributed by atoms with Gasteiger partial charge in [-0.2, -0.15) is 0 Å². The van der Waals surface area contributed by atoms with E-state index in [4.69, 9.17) is 0 Å². The fourth-order valence-corrected chi connectivity index (χ4v) is 4.70. The summed E-state index contributed by atoms with van der Waals surface area (Å²) in [4.78, 5) is 51.3. The number of carbonyl (C=O) groups is 3. The molecule has 10 heteroatoms. The minimum absolute atomic E-state index is 0.0843. The zero-order valence-electron chi connectivity index (χ0n) is 18.4. The number of hydrogen-bond donors (Lipinski definition) is 2. The first-order valence-electron chi connectivity index (χ1n) is 10.6. The standard InChI is InChI=1S/C24H22N4O5S/c1-15-19(24(31)27-10-8-21-17(14-27)9-11-34-21)6-3-7-20(15)26-22(29)13-25-23(30)16-4-2-5-18(12-16)28(32)33/h2-7,9,11-12H,8,10,13-14H2,1H3,(H,25,30)(H,26,29). The summed E-state index contributed by atoms with van der Waals surface area (Å²) in [7, 11) is 0. The molecule has 1 aliphatic heterocycles. The van der Waals surface area contributed by atoms with Crippen molar-refractivity contribution in [3.63, 3.8) is 0 Å². The van der Waals surface area contributed by atoms with E-state index in [0.29, 0.717) is 29.9 Å². The van der Waals surface area contributed by atoms with Gasteiger partial charge >= 0.3 is 0 Å². The first-order chi connectivity index (χ1) is 16.3. The third kappa shape index (κ3) is 4.96. The summed E-state index contributed by atoms with van der Waals surface area (Å²) in [6, 6.07) is 12.4. The molecule has 2 heterocycles. The van der Waals surface area contributed by atoms with Gasteiger partial charge in [0.15, 0.2) is 0 Å². The predicted molar refractivity (Wildman–Crippen MR) is 128 cm³/mol. The van der Waals surface area contributed by atoms with Crippen molar-refractivity contribution in [2.45, 2.75) is 19.9 Å². The average molecular weight is 479 g/mol. The van der Waals surface area contributed by atoms with E-state index in [0.717, 1.165) is 12.5 Å². The highest BCUT2D eigenvalue weighted by Gasteiger charge is 2.24. The normalized spacial score (nSPS) is 12.6. The molecule has 3 amide bonds. The molecule has 174 valence electrons. The van der Waals surface area contributed by atoms with E-state index in [1.54, 1.807) is 36.5 Å². The Bertz CT molecular complexity index is 1290. The topological polar surface area (TPSA) is 122 Å². The SMILES string of the molecule is Cc1c(NC(=O)CNC(=O)c2cccc([N+](=O)[O-])c2)cccc1C(=O)N1CCc2sccc2C1. The highest BCUT2D eigenvalue weighted by Crippen LogP contribution is 2.27. The Labute approximate surface area is 199 Å². The molecule has 0 bridgehead atoms. The van der Waals surface area contributed by atoms with Crippen molar-refractivity contribution in [1.82, 2.24) is 10.2 Å². The number of fused-ring (bicyclic) bond motifs is 1. The second-order valence-corrected chi connectivity index (χ2v) is 8.86. The molecule has 0 saturated heterocycles. The lowest BCUT2D eigenvalue weighted by atomic mass is 10.0. The number of anilines is 1. The molecule has 2 N–H and O–H groups in total. The van der Waals surface area contributed by atoms with Crippen LogP contribution in [0.4, 0.5) is 11.4 Å². The van der Waals surface area contributed by atoms with Gasteiger partial charge in [0.2, 0.25) is 5.91 Å². The summed E-state index contributed by atoms with van der Waals surface area (Å²) in [5.41, 5.74) is 2.68. The smallest absolute Gasteiger partial charge is 0.270 e. The molecule has 0 aliphatic carbocycles. The molecule has 34 heavy (non-hydrogen) atoms. The van der Waals surface area contributed by atoms with Gasteiger partial charge in [-0.1, -0.05) is 12.1 Å². The minimum atomic E-state index is -0.600. The van der Waals surface area contributed by atoms with Crippen LogP contribution in [-0.2, 0) is 17.8 Å². The van der Waals surface area contributed by atoms with Crippen LogP contribution in [0.25, 0.3) is 0 Å². The van der Waals surface area contributed by atoms with E-state index in [-0.39, 0.29) is 23.7 Å². The zero-order chi connectivity index (χ0) is 24.2. The summed E-state index contributed by atoms with van der Waals surface area (Å²) in [5.74, 6) is -1.17. The molecule has 0 saturated carbocycles. The Kier molecular flexibility index (Phi) is 6.69. The molecule has 0 atom stereocenters. The number of amides is 3.